The molecule has 0 spiro atoms. The molecule has 3 rings (SSSR count). The minimum absolute atomic E-state index is 0.589. The lowest BCUT2D eigenvalue weighted by Crippen LogP contribution is -2.32. The van der Waals surface area contributed by atoms with Crippen LogP contribution in [0.3, 0.4) is 0 Å². The lowest BCUT2D eigenvalue weighted by atomic mass is 9.93. The number of rotatable bonds is 3. The third-order valence-corrected chi connectivity index (χ3v) is 4.28. The first kappa shape index (κ1) is 11.6. The highest BCUT2D eigenvalue weighted by Gasteiger charge is 2.53. The van der Waals surface area contributed by atoms with Crippen molar-refractivity contribution in [1.29, 1.82) is 0 Å². The summed E-state index contributed by atoms with van der Waals surface area (Å²) in [5.74, 6) is -0.660. The van der Waals surface area contributed by atoms with Gasteiger partial charge in [-0.15, -0.1) is 0 Å². The average molecular weight is 245 g/mol. The van der Waals surface area contributed by atoms with Gasteiger partial charge in [0.25, 0.3) is 0 Å². The van der Waals surface area contributed by atoms with Gasteiger partial charge in [-0.3, -0.25) is 4.79 Å². The molecule has 2 aliphatic rings. The van der Waals surface area contributed by atoms with Crippen molar-refractivity contribution in [2.24, 2.45) is 0 Å². The maximum absolute atomic E-state index is 11.5. The van der Waals surface area contributed by atoms with Crippen molar-refractivity contribution in [3.63, 3.8) is 0 Å². The van der Waals surface area contributed by atoms with Crippen molar-refractivity contribution in [1.82, 2.24) is 0 Å². The number of aliphatic carboxylic acids is 1. The molecule has 1 saturated heterocycles. The molecule has 0 atom stereocenters. The Morgan fingerprint density at radius 2 is 1.78 bits per heavy atom. The first-order chi connectivity index (χ1) is 8.74. The zero-order chi connectivity index (χ0) is 12.6. The Morgan fingerprint density at radius 1 is 1.11 bits per heavy atom. The molecule has 0 aromatic heterocycles. The molecule has 1 heterocycles. The van der Waals surface area contributed by atoms with Gasteiger partial charge in [0.05, 0.1) is 5.41 Å². The summed E-state index contributed by atoms with van der Waals surface area (Å²) in [4.78, 5) is 13.9. The van der Waals surface area contributed by atoms with E-state index in [1.807, 2.05) is 18.2 Å². The van der Waals surface area contributed by atoms with Crippen LogP contribution < -0.4 is 4.90 Å². The first-order valence-electron chi connectivity index (χ1n) is 6.82. The molecular formula is C15H19NO2. The molecule has 1 saturated carbocycles. The van der Waals surface area contributed by atoms with Gasteiger partial charge in [-0.25, -0.2) is 0 Å². The summed E-state index contributed by atoms with van der Waals surface area (Å²) in [6, 6.07) is 8.08. The number of hydrogen-bond donors (Lipinski definition) is 1. The number of carbonyl (C=O) groups is 1. The van der Waals surface area contributed by atoms with Crippen molar-refractivity contribution in [2.45, 2.75) is 37.5 Å². The quantitative estimate of drug-likeness (QED) is 0.890. The highest BCUT2D eigenvalue weighted by Crippen LogP contribution is 2.51. The van der Waals surface area contributed by atoms with Crippen LogP contribution >= 0.6 is 0 Å². The van der Waals surface area contributed by atoms with Crippen molar-refractivity contribution in [3.8, 4) is 0 Å². The molecule has 96 valence electrons. The van der Waals surface area contributed by atoms with E-state index in [4.69, 9.17) is 0 Å². The van der Waals surface area contributed by atoms with Crippen LogP contribution in [0, 0.1) is 0 Å². The van der Waals surface area contributed by atoms with E-state index in [1.165, 1.54) is 19.3 Å². The van der Waals surface area contributed by atoms with E-state index >= 15 is 0 Å². The molecule has 2 fully saturated rings. The molecule has 1 aromatic carbocycles. The maximum Gasteiger partial charge on any atom is 0.314 e. The normalized spacial score (nSPS) is 21.7. The average Bonchev–Trinajstić information content (AvgIpc) is 3.21. The summed E-state index contributed by atoms with van der Waals surface area (Å²) in [6.45, 7) is 2.12. The summed E-state index contributed by atoms with van der Waals surface area (Å²) in [6.07, 6.45) is 5.30. The molecule has 3 nitrogen and oxygen atoms in total. The zero-order valence-corrected chi connectivity index (χ0v) is 10.6. The summed E-state index contributed by atoms with van der Waals surface area (Å²) in [5.41, 5.74) is 1.59. The van der Waals surface area contributed by atoms with Gasteiger partial charge in [-0.2, -0.15) is 0 Å². The Morgan fingerprint density at radius 3 is 2.39 bits per heavy atom. The minimum atomic E-state index is -0.660. The molecule has 3 heteroatoms. The maximum atomic E-state index is 11.5. The molecule has 0 unspecified atom stereocenters. The number of hydrogen-bond acceptors (Lipinski definition) is 2. The van der Waals surface area contributed by atoms with Crippen LogP contribution in [-0.4, -0.2) is 24.2 Å². The summed E-state index contributed by atoms with van der Waals surface area (Å²) < 4.78 is 0. The van der Waals surface area contributed by atoms with E-state index in [0.29, 0.717) is 0 Å². The van der Waals surface area contributed by atoms with E-state index in [9.17, 15) is 9.90 Å². The van der Waals surface area contributed by atoms with E-state index in [0.717, 1.165) is 37.2 Å². The third-order valence-electron chi connectivity index (χ3n) is 4.28. The van der Waals surface area contributed by atoms with Gasteiger partial charge in [-0.05, 0) is 43.7 Å². The standard InChI is InChI=1S/C15H19NO2/c17-14(18)15(8-9-15)12-6-2-3-7-13(12)16-10-4-1-5-11-16/h2-3,6-7H,1,4-5,8-11H2,(H,17,18). The number of piperidine rings is 1. The Bertz CT molecular complexity index is 459. The molecule has 0 radical (unpaired) electrons. The van der Waals surface area contributed by atoms with E-state index in [1.54, 1.807) is 0 Å². The van der Waals surface area contributed by atoms with Gasteiger partial charge < -0.3 is 10.0 Å². The predicted octanol–water partition coefficient (Wildman–Crippen LogP) is 2.79. The molecule has 1 aromatic rings. The topological polar surface area (TPSA) is 40.5 Å². The van der Waals surface area contributed by atoms with Crippen LogP contribution in [0.4, 0.5) is 5.69 Å². The van der Waals surface area contributed by atoms with Crippen molar-refractivity contribution < 1.29 is 9.90 Å². The Hall–Kier alpha value is -1.51. The van der Waals surface area contributed by atoms with E-state index < -0.39 is 11.4 Å². The lowest BCUT2D eigenvalue weighted by Gasteiger charge is -2.32. The van der Waals surface area contributed by atoms with Gasteiger partial charge in [0, 0.05) is 18.8 Å². The molecule has 1 aliphatic heterocycles. The summed E-state index contributed by atoms with van der Waals surface area (Å²) >= 11 is 0. The molecular weight excluding hydrogens is 226 g/mol. The number of benzene rings is 1. The fourth-order valence-corrected chi connectivity index (χ4v) is 3.01. The lowest BCUT2D eigenvalue weighted by molar-refractivity contribution is -0.140. The van der Waals surface area contributed by atoms with Gasteiger partial charge >= 0.3 is 5.97 Å². The smallest absolute Gasteiger partial charge is 0.314 e. The second-order valence-corrected chi connectivity index (χ2v) is 5.45. The van der Waals surface area contributed by atoms with Gasteiger partial charge in [0.2, 0.25) is 0 Å². The van der Waals surface area contributed by atoms with Crippen LogP contribution in [0.5, 0.6) is 0 Å². The number of carboxylic acids is 1. The number of nitrogens with zero attached hydrogens (tertiary/aromatic N) is 1. The van der Waals surface area contributed by atoms with Crippen LogP contribution in [0.2, 0.25) is 0 Å². The van der Waals surface area contributed by atoms with Crippen molar-refractivity contribution in [3.05, 3.63) is 29.8 Å². The monoisotopic (exact) mass is 245 g/mol. The minimum Gasteiger partial charge on any atom is -0.481 e. The Balaban J connectivity index is 1.97. The number of carboxylic acid groups (broad SMARTS) is 1. The fourth-order valence-electron chi connectivity index (χ4n) is 3.01. The second kappa shape index (κ2) is 4.30. The fraction of sp³-hybridized carbons (Fsp3) is 0.533. The molecule has 0 amide bonds. The van der Waals surface area contributed by atoms with Crippen LogP contribution in [0.1, 0.15) is 37.7 Å². The zero-order valence-electron chi connectivity index (χ0n) is 10.6. The largest absolute Gasteiger partial charge is 0.481 e. The van der Waals surface area contributed by atoms with Crippen LogP contribution in [0.25, 0.3) is 0 Å². The summed E-state index contributed by atoms with van der Waals surface area (Å²) in [5, 5.41) is 9.46. The van der Waals surface area contributed by atoms with Gasteiger partial charge in [0.1, 0.15) is 0 Å². The summed E-state index contributed by atoms with van der Waals surface area (Å²) in [7, 11) is 0. The van der Waals surface area contributed by atoms with Crippen LogP contribution in [0.15, 0.2) is 24.3 Å². The highest BCUT2D eigenvalue weighted by atomic mass is 16.4. The molecule has 18 heavy (non-hydrogen) atoms. The SMILES string of the molecule is O=C(O)C1(c2ccccc2N2CCCCC2)CC1. The van der Waals surface area contributed by atoms with Crippen molar-refractivity contribution >= 4 is 11.7 Å². The van der Waals surface area contributed by atoms with E-state index in [2.05, 4.69) is 11.0 Å². The predicted molar refractivity (Wildman–Crippen MR) is 71.1 cm³/mol. The van der Waals surface area contributed by atoms with Gasteiger partial charge in [-0.1, -0.05) is 18.2 Å². The molecule has 0 bridgehead atoms. The van der Waals surface area contributed by atoms with Crippen LogP contribution in [-0.2, 0) is 10.2 Å². The number of para-hydroxylation sites is 1. The third kappa shape index (κ3) is 1.78. The first-order valence-corrected chi connectivity index (χ1v) is 6.82. The Kier molecular flexibility index (Phi) is 2.77. The van der Waals surface area contributed by atoms with E-state index in [-0.39, 0.29) is 0 Å². The Labute approximate surface area is 107 Å². The second-order valence-electron chi connectivity index (χ2n) is 5.45. The highest BCUT2D eigenvalue weighted by molar-refractivity contribution is 5.87. The number of anilines is 1. The molecule has 1 aliphatic carbocycles. The molecule has 1 N–H and O–H groups in total. The van der Waals surface area contributed by atoms with Gasteiger partial charge in [0.15, 0.2) is 0 Å². The van der Waals surface area contributed by atoms with Crippen molar-refractivity contribution in [2.75, 3.05) is 18.0 Å².